The standard InChI is InChI=1S/C16H25N5O3/c1-19-13(18-20(2)16(19)24)10-21-8-4-3-5-12(15(21)23)17-14(22)9-11-6-7-11/h11-12H,3-10H2,1-2H3,(H,17,22). The molecule has 0 radical (unpaired) electrons. The molecule has 0 aromatic carbocycles. The third kappa shape index (κ3) is 3.68. The highest BCUT2D eigenvalue weighted by Crippen LogP contribution is 2.32. The molecule has 1 N–H and O–H groups in total. The molecular formula is C16H25N5O3. The van der Waals surface area contributed by atoms with Crippen molar-refractivity contribution in [1.29, 1.82) is 0 Å². The molecule has 2 fully saturated rings. The predicted octanol–water partition coefficient (Wildman–Crippen LogP) is -0.0838. The Hall–Kier alpha value is -2.12. The van der Waals surface area contributed by atoms with Gasteiger partial charge in [0.2, 0.25) is 11.8 Å². The second-order valence-electron chi connectivity index (χ2n) is 6.90. The van der Waals surface area contributed by atoms with Crippen LogP contribution in [-0.4, -0.2) is 43.6 Å². The zero-order valence-corrected chi connectivity index (χ0v) is 14.3. The van der Waals surface area contributed by atoms with Crippen LogP contribution in [0.2, 0.25) is 0 Å². The minimum absolute atomic E-state index is 0.0251. The van der Waals surface area contributed by atoms with Crippen molar-refractivity contribution >= 4 is 11.8 Å². The SMILES string of the molecule is Cn1nc(CN2CCCCC(NC(=O)CC3CC3)C2=O)n(C)c1=O. The molecule has 8 nitrogen and oxygen atoms in total. The van der Waals surface area contributed by atoms with Gasteiger partial charge in [0.1, 0.15) is 6.04 Å². The Balaban J connectivity index is 1.67. The van der Waals surface area contributed by atoms with Gasteiger partial charge in [0.25, 0.3) is 0 Å². The number of aromatic nitrogens is 3. The third-order valence-electron chi connectivity index (χ3n) is 4.84. The summed E-state index contributed by atoms with van der Waals surface area (Å²) in [7, 11) is 3.25. The number of nitrogens with one attached hydrogen (secondary N) is 1. The monoisotopic (exact) mass is 335 g/mol. The van der Waals surface area contributed by atoms with Gasteiger partial charge in [-0.2, -0.15) is 5.10 Å². The molecule has 2 heterocycles. The summed E-state index contributed by atoms with van der Waals surface area (Å²) < 4.78 is 2.73. The Labute approximate surface area is 140 Å². The van der Waals surface area contributed by atoms with E-state index < -0.39 is 6.04 Å². The van der Waals surface area contributed by atoms with Gasteiger partial charge in [-0.15, -0.1) is 0 Å². The summed E-state index contributed by atoms with van der Waals surface area (Å²) in [6.45, 7) is 0.916. The summed E-state index contributed by atoms with van der Waals surface area (Å²) in [5.41, 5.74) is -0.207. The van der Waals surface area contributed by atoms with E-state index in [0.717, 1.165) is 25.7 Å². The van der Waals surface area contributed by atoms with Gasteiger partial charge in [0.15, 0.2) is 5.82 Å². The van der Waals surface area contributed by atoms with E-state index in [9.17, 15) is 14.4 Å². The smallest absolute Gasteiger partial charge is 0.344 e. The van der Waals surface area contributed by atoms with E-state index in [-0.39, 0.29) is 17.5 Å². The largest absolute Gasteiger partial charge is 0.345 e. The lowest BCUT2D eigenvalue weighted by atomic mass is 10.1. The normalized spacial score (nSPS) is 21.7. The van der Waals surface area contributed by atoms with E-state index in [4.69, 9.17) is 0 Å². The average Bonchev–Trinajstić information content (AvgIpc) is 3.33. The Morgan fingerprint density at radius 1 is 1.21 bits per heavy atom. The number of rotatable bonds is 5. The van der Waals surface area contributed by atoms with E-state index in [0.29, 0.717) is 37.7 Å². The molecule has 8 heteroatoms. The molecular weight excluding hydrogens is 310 g/mol. The van der Waals surface area contributed by atoms with Crippen LogP contribution in [0.3, 0.4) is 0 Å². The number of likely N-dealkylation sites (tertiary alicyclic amines) is 1. The van der Waals surface area contributed by atoms with Gasteiger partial charge in [0.05, 0.1) is 6.54 Å². The average molecular weight is 335 g/mol. The summed E-state index contributed by atoms with van der Waals surface area (Å²) in [4.78, 5) is 38.3. The number of hydrogen-bond acceptors (Lipinski definition) is 4. The molecule has 1 unspecified atom stereocenters. The second-order valence-corrected chi connectivity index (χ2v) is 6.90. The predicted molar refractivity (Wildman–Crippen MR) is 87.0 cm³/mol. The fraction of sp³-hybridized carbons (Fsp3) is 0.750. The van der Waals surface area contributed by atoms with Crippen LogP contribution in [-0.2, 0) is 30.2 Å². The van der Waals surface area contributed by atoms with Gasteiger partial charge in [0, 0.05) is 27.1 Å². The maximum Gasteiger partial charge on any atom is 0.345 e. The quantitative estimate of drug-likeness (QED) is 0.815. The number of hydrogen-bond donors (Lipinski definition) is 1. The van der Waals surface area contributed by atoms with Crippen LogP contribution in [0.15, 0.2) is 4.79 Å². The number of nitrogens with zero attached hydrogens (tertiary/aromatic N) is 4. The van der Waals surface area contributed by atoms with Crippen molar-refractivity contribution in [1.82, 2.24) is 24.6 Å². The molecule has 1 aromatic heterocycles. The van der Waals surface area contributed by atoms with Crippen LogP contribution >= 0.6 is 0 Å². The fourth-order valence-corrected chi connectivity index (χ4v) is 3.15. The Bertz CT molecular complexity index is 688. The van der Waals surface area contributed by atoms with Crippen molar-refractivity contribution in [2.75, 3.05) is 6.54 Å². The molecule has 2 amide bonds. The molecule has 1 saturated heterocycles. The first kappa shape index (κ1) is 16.7. The Kier molecular flexibility index (Phi) is 4.73. The third-order valence-corrected chi connectivity index (χ3v) is 4.84. The number of aryl methyl sites for hydroxylation is 1. The van der Waals surface area contributed by atoms with Crippen molar-refractivity contribution in [2.45, 2.75) is 51.1 Å². The first-order valence-corrected chi connectivity index (χ1v) is 8.62. The van der Waals surface area contributed by atoms with Crippen molar-refractivity contribution in [2.24, 2.45) is 20.0 Å². The highest BCUT2D eigenvalue weighted by molar-refractivity contribution is 5.87. The van der Waals surface area contributed by atoms with Crippen molar-refractivity contribution in [3.63, 3.8) is 0 Å². The highest BCUT2D eigenvalue weighted by Gasteiger charge is 2.31. The summed E-state index contributed by atoms with van der Waals surface area (Å²) >= 11 is 0. The first-order chi connectivity index (χ1) is 11.5. The molecule has 1 aromatic rings. The van der Waals surface area contributed by atoms with Crippen LogP contribution < -0.4 is 11.0 Å². The van der Waals surface area contributed by atoms with Gasteiger partial charge < -0.3 is 10.2 Å². The molecule has 2 aliphatic rings. The molecule has 24 heavy (non-hydrogen) atoms. The fourth-order valence-electron chi connectivity index (χ4n) is 3.15. The van der Waals surface area contributed by atoms with E-state index >= 15 is 0 Å². The summed E-state index contributed by atoms with van der Waals surface area (Å²) in [6.07, 6.45) is 5.22. The summed E-state index contributed by atoms with van der Waals surface area (Å²) in [6, 6.07) is -0.459. The van der Waals surface area contributed by atoms with Gasteiger partial charge in [-0.3, -0.25) is 14.2 Å². The Morgan fingerprint density at radius 3 is 2.58 bits per heavy atom. The molecule has 0 spiro atoms. The minimum atomic E-state index is -0.459. The van der Waals surface area contributed by atoms with Crippen molar-refractivity contribution < 1.29 is 9.59 Å². The van der Waals surface area contributed by atoms with Gasteiger partial charge in [-0.25, -0.2) is 9.48 Å². The van der Waals surface area contributed by atoms with Crippen molar-refractivity contribution in [3.05, 3.63) is 16.3 Å². The van der Waals surface area contributed by atoms with E-state index in [1.54, 1.807) is 19.0 Å². The maximum atomic E-state index is 12.8. The van der Waals surface area contributed by atoms with Gasteiger partial charge >= 0.3 is 5.69 Å². The Morgan fingerprint density at radius 2 is 1.96 bits per heavy atom. The van der Waals surface area contributed by atoms with Crippen LogP contribution in [0.25, 0.3) is 0 Å². The molecule has 3 rings (SSSR count). The lowest BCUT2D eigenvalue weighted by molar-refractivity contribution is -0.136. The minimum Gasteiger partial charge on any atom is -0.344 e. The lowest BCUT2D eigenvalue weighted by Gasteiger charge is -2.24. The maximum absolute atomic E-state index is 12.8. The molecule has 1 aliphatic heterocycles. The van der Waals surface area contributed by atoms with Gasteiger partial charge in [-0.05, 0) is 38.0 Å². The van der Waals surface area contributed by atoms with Crippen LogP contribution in [0.4, 0.5) is 0 Å². The lowest BCUT2D eigenvalue weighted by Crippen LogP contribution is -2.47. The molecule has 1 aliphatic carbocycles. The summed E-state index contributed by atoms with van der Waals surface area (Å²) in [5, 5.41) is 7.09. The van der Waals surface area contributed by atoms with Crippen LogP contribution in [0.1, 0.15) is 44.3 Å². The van der Waals surface area contributed by atoms with E-state index in [1.807, 2.05) is 0 Å². The molecule has 132 valence electrons. The molecule has 0 bridgehead atoms. The number of carbonyl (C=O) groups is 2. The second kappa shape index (κ2) is 6.78. The highest BCUT2D eigenvalue weighted by atomic mass is 16.2. The zero-order valence-electron chi connectivity index (χ0n) is 14.3. The van der Waals surface area contributed by atoms with Crippen LogP contribution in [0, 0.1) is 5.92 Å². The summed E-state index contributed by atoms with van der Waals surface area (Å²) in [5.74, 6) is 0.962. The van der Waals surface area contributed by atoms with Crippen LogP contribution in [0.5, 0.6) is 0 Å². The molecule has 1 saturated carbocycles. The zero-order chi connectivity index (χ0) is 17.3. The first-order valence-electron chi connectivity index (χ1n) is 8.62. The number of carbonyl (C=O) groups excluding carboxylic acids is 2. The van der Waals surface area contributed by atoms with Gasteiger partial charge in [-0.1, -0.05) is 0 Å². The van der Waals surface area contributed by atoms with E-state index in [2.05, 4.69) is 10.4 Å². The van der Waals surface area contributed by atoms with Crippen molar-refractivity contribution in [3.8, 4) is 0 Å². The molecule has 1 atom stereocenters. The number of amides is 2. The topological polar surface area (TPSA) is 89.2 Å². The van der Waals surface area contributed by atoms with E-state index in [1.165, 1.54) is 9.25 Å².